The molecule has 0 atom stereocenters. The van der Waals surface area contributed by atoms with Crippen LogP contribution < -0.4 is 16.0 Å². The van der Waals surface area contributed by atoms with Gasteiger partial charge in [0, 0.05) is 24.8 Å². The largest absolute Gasteiger partial charge is 0.456 e. The van der Waals surface area contributed by atoms with Crippen molar-refractivity contribution >= 4 is 35.4 Å². The summed E-state index contributed by atoms with van der Waals surface area (Å²) in [5.41, 5.74) is -0.0522. The van der Waals surface area contributed by atoms with Crippen molar-refractivity contribution in [3.63, 3.8) is 0 Å². The standard InChI is InChI=1S/C20H24N4O6/c1-21-17(27)13-5-4-6-14(11-13)22-15(25)12-30-16(26)7-10-24-18(28)20(23-19(24)29)8-2-3-9-20/h4-6,11H,2-3,7-10,12H2,1H3,(H,21,27)(H,22,25)(H,23,29). The van der Waals surface area contributed by atoms with E-state index in [1.165, 1.54) is 13.1 Å². The van der Waals surface area contributed by atoms with E-state index in [0.29, 0.717) is 24.1 Å². The van der Waals surface area contributed by atoms with E-state index >= 15 is 0 Å². The smallest absolute Gasteiger partial charge is 0.325 e. The van der Waals surface area contributed by atoms with E-state index in [2.05, 4.69) is 16.0 Å². The average molecular weight is 416 g/mol. The lowest BCUT2D eigenvalue weighted by Gasteiger charge is -2.19. The lowest BCUT2D eigenvalue weighted by Crippen LogP contribution is -2.44. The molecule has 1 saturated heterocycles. The first kappa shape index (κ1) is 21.3. The number of nitrogens with one attached hydrogen (secondary N) is 3. The first-order valence-corrected chi connectivity index (χ1v) is 9.76. The molecule has 2 aliphatic rings. The summed E-state index contributed by atoms with van der Waals surface area (Å²) < 4.78 is 4.92. The van der Waals surface area contributed by atoms with Crippen molar-refractivity contribution in [3.8, 4) is 0 Å². The van der Waals surface area contributed by atoms with Gasteiger partial charge in [-0.05, 0) is 31.0 Å². The van der Waals surface area contributed by atoms with Gasteiger partial charge in [0.05, 0.1) is 6.42 Å². The van der Waals surface area contributed by atoms with Gasteiger partial charge in [-0.15, -0.1) is 0 Å². The van der Waals surface area contributed by atoms with Crippen LogP contribution >= 0.6 is 0 Å². The molecule has 5 amide bonds. The number of amides is 5. The third kappa shape index (κ3) is 4.58. The molecule has 1 aromatic carbocycles. The quantitative estimate of drug-likeness (QED) is 0.444. The van der Waals surface area contributed by atoms with Crippen LogP contribution in [-0.4, -0.2) is 60.4 Å². The zero-order valence-electron chi connectivity index (χ0n) is 16.7. The molecule has 0 radical (unpaired) electrons. The maximum Gasteiger partial charge on any atom is 0.325 e. The van der Waals surface area contributed by atoms with Crippen LogP contribution in [0, 0.1) is 0 Å². The first-order valence-electron chi connectivity index (χ1n) is 9.76. The minimum absolute atomic E-state index is 0.0962. The van der Waals surface area contributed by atoms with Crippen molar-refractivity contribution in [2.75, 3.05) is 25.5 Å². The summed E-state index contributed by atoms with van der Waals surface area (Å²) in [6.45, 7) is -0.617. The van der Waals surface area contributed by atoms with Crippen molar-refractivity contribution in [3.05, 3.63) is 29.8 Å². The number of rotatable bonds is 7. The van der Waals surface area contributed by atoms with Crippen LogP contribution in [0.1, 0.15) is 42.5 Å². The van der Waals surface area contributed by atoms with Gasteiger partial charge in [0.15, 0.2) is 6.61 Å². The van der Waals surface area contributed by atoms with Crippen LogP contribution in [0.25, 0.3) is 0 Å². The summed E-state index contributed by atoms with van der Waals surface area (Å²) in [5.74, 6) is -1.86. The Bertz CT molecular complexity index is 878. The Morgan fingerprint density at radius 1 is 1.20 bits per heavy atom. The molecule has 1 saturated carbocycles. The topological polar surface area (TPSA) is 134 Å². The number of nitrogens with zero attached hydrogens (tertiary/aromatic N) is 1. The molecular weight excluding hydrogens is 392 g/mol. The van der Waals surface area contributed by atoms with Gasteiger partial charge in [-0.25, -0.2) is 4.79 Å². The molecule has 1 aromatic rings. The second-order valence-corrected chi connectivity index (χ2v) is 7.29. The maximum absolute atomic E-state index is 12.5. The number of benzene rings is 1. The van der Waals surface area contributed by atoms with Crippen LogP contribution in [0.15, 0.2) is 24.3 Å². The number of esters is 1. The lowest BCUT2D eigenvalue weighted by atomic mass is 9.98. The summed E-state index contributed by atoms with van der Waals surface area (Å²) in [6, 6.07) is 5.81. The third-order valence-electron chi connectivity index (χ3n) is 5.24. The van der Waals surface area contributed by atoms with Crippen molar-refractivity contribution in [1.29, 1.82) is 0 Å². The van der Waals surface area contributed by atoms with Crippen molar-refractivity contribution in [1.82, 2.24) is 15.5 Å². The van der Waals surface area contributed by atoms with Crippen LogP contribution in [0.3, 0.4) is 0 Å². The summed E-state index contributed by atoms with van der Waals surface area (Å²) in [6.07, 6.45) is 2.78. The highest BCUT2D eigenvalue weighted by Gasteiger charge is 2.52. The number of carbonyl (C=O) groups excluding carboxylic acids is 5. The molecule has 30 heavy (non-hydrogen) atoms. The molecule has 0 bridgehead atoms. The molecule has 10 nitrogen and oxygen atoms in total. The predicted molar refractivity (Wildman–Crippen MR) is 105 cm³/mol. The van der Waals surface area contributed by atoms with E-state index in [1.807, 2.05) is 0 Å². The normalized spacial score (nSPS) is 17.0. The minimum Gasteiger partial charge on any atom is -0.456 e. The zero-order chi connectivity index (χ0) is 21.7. The second kappa shape index (κ2) is 8.93. The summed E-state index contributed by atoms with van der Waals surface area (Å²) in [4.78, 5) is 61.2. The maximum atomic E-state index is 12.5. The Hall–Kier alpha value is -3.43. The Balaban J connectivity index is 1.44. The summed E-state index contributed by atoms with van der Waals surface area (Å²) >= 11 is 0. The molecule has 1 aliphatic carbocycles. The molecule has 160 valence electrons. The van der Waals surface area contributed by atoms with E-state index in [1.54, 1.807) is 18.2 Å². The van der Waals surface area contributed by atoms with Crippen molar-refractivity contribution in [2.24, 2.45) is 0 Å². The molecule has 3 rings (SSSR count). The highest BCUT2D eigenvalue weighted by molar-refractivity contribution is 6.07. The van der Waals surface area contributed by atoms with Crippen LogP contribution in [0.2, 0.25) is 0 Å². The number of hydrogen-bond acceptors (Lipinski definition) is 6. The molecule has 3 N–H and O–H groups in total. The number of urea groups is 1. The molecule has 0 aromatic heterocycles. The van der Waals surface area contributed by atoms with E-state index in [9.17, 15) is 24.0 Å². The Morgan fingerprint density at radius 2 is 1.93 bits per heavy atom. The molecule has 1 heterocycles. The number of ether oxygens (including phenoxy) is 1. The SMILES string of the molecule is CNC(=O)c1cccc(NC(=O)COC(=O)CCN2C(=O)NC3(CCCC3)C2=O)c1. The average Bonchev–Trinajstić information content (AvgIpc) is 3.29. The molecule has 0 unspecified atom stereocenters. The van der Waals surface area contributed by atoms with Gasteiger partial charge in [-0.3, -0.25) is 24.1 Å². The highest BCUT2D eigenvalue weighted by atomic mass is 16.5. The summed E-state index contributed by atoms with van der Waals surface area (Å²) in [7, 11) is 1.50. The second-order valence-electron chi connectivity index (χ2n) is 7.29. The van der Waals surface area contributed by atoms with Gasteiger partial charge in [0.2, 0.25) is 0 Å². The van der Waals surface area contributed by atoms with Gasteiger partial charge >= 0.3 is 12.0 Å². The Kier molecular flexibility index (Phi) is 6.34. The van der Waals surface area contributed by atoms with E-state index < -0.39 is 30.1 Å². The molecule has 1 spiro atoms. The monoisotopic (exact) mass is 416 g/mol. The van der Waals surface area contributed by atoms with Gasteiger partial charge in [-0.1, -0.05) is 18.9 Å². The Morgan fingerprint density at radius 3 is 2.63 bits per heavy atom. The fraction of sp³-hybridized carbons (Fsp3) is 0.450. The zero-order valence-corrected chi connectivity index (χ0v) is 16.7. The fourth-order valence-electron chi connectivity index (χ4n) is 3.70. The predicted octanol–water partition coefficient (Wildman–Crippen LogP) is 0.783. The van der Waals surface area contributed by atoms with Crippen LogP contribution in [-0.2, 0) is 19.1 Å². The van der Waals surface area contributed by atoms with Gasteiger partial charge in [-0.2, -0.15) is 0 Å². The lowest BCUT2D eigenvalue weighted by molar-refractivity contribution is -0.147. The van der Waals surface area contributed by atoms with Gasteiger partial charge in [0.1, 0.15) is 5.54 Å². The van der Waals surface area contributed by atoms with Gasteiger partial charge < -0.3 is 20.7 Å². The minimum atomic E-state index is -0.815. The third-order valence-corrected chi connectivity index (χ3v) is 5.24. The number of anilines is 1. The molecule has 10 heteroatoms. The van der Waals surface area contributed by atoms with Crippen molar-refractivity contribution in [2.45, 2.75) is 37.6 Å². The van der Waals surface area contributed by atoms with E-state index in [-0.39, 0.29) is 24.8 Å². The highest BCUT2D eigenvalue weighted by Crippen LogP contribution is 2.35. The van der Waals surface area contributed by atoms with E-state index in [4.69, 9.17) is 4.74 Å². The number of carbonyl (C=O) groups is 5. The molecule has 1 aliphatic heterocycles. The fourth-order valence-corrected chi connectivity index (χ4v) is 3.70. The summed E-state index contributed by atoms with van der Waals surface area (Å²) in [5, 5.41) is 7.76. The Labute approximate surface area is 173 Å². The van der Waals surface area contributed by atoms with Gasteiger partial charge in [0.25, 0.3) is 17.7 Å². The number of hydrogen-bond donors (Lipinski definition) is 3. The van der Waals surface area contributed by atoms with Crippen LogP contribution in [0.4, 0.5) is 10.5 Å². The first-order chi connectivity index (χ1) is 14.3. The molecular formula is C20H24N4O6. The van der Waals surface area contributed by atoms with E-state index in [0.717, 1.165) is 17.7 Å². The van der Waals surface area contributed by atoms with Crippen molar-refractivity contribution < 1.29 is 28.7 Å². The number of imide groups is 1. The molecule has 2 fully saturated rings. The van der Waals surface area contributed by atoms with Crippen LogP contribution in [0.5, 0.6) is 0 Å².